The van der Waals surface area contributed by atoms with Crippen LogP contribution in [0.1, 0.15) is 5.56 Å². The zero-order valence-electron chi connectivity index (χ0n) is 7.51. The summed E-state index contributed by atoms with van der Waals surface area (Å²) in [5.41, 5.74) is 1.13. The van der Waals surface area contributed by atoms with E-state index in [9.17, 15) is 0 Å². The zero-order chi connectivity index (χ0) is 10.1. The summed E-state index contributed by atoms with van der Waals surface area (Å²) in [5.74, 6) is 0.525. The van der Waals surface area contributed by atoms with Crippen LogP contribution in [0.5, 0.6) is 0 Å². The smallest absolute Gasteiger partial charge is 0.0496 e. The summed E-state index contributed by atoms with van der Waals surface area (Å²) >= 11 is 15.5. The lowest BCUT2D eigenvalue weighted by atomic mass is 10.2. The van der Waals surface area contributed by atoms with Gasteiger partial charge in [0.05, 0.1) is 0 Å². The third-order valence-corrected chi connectivity index (χ3v) is 4.65. The van der Waals surface area contributed by atoms with E-state index in [-0.39, 0.29) is 0 Å². The van der Waals surface area contributed by atoms with Crippen molar-refractivity contribution in [1.29, 1.82) is 0 Å². The molecule has 0 amide bonds. The maximum atomic E-state index is 6.15. The first-order valence-corrected chi connectivity index (χ1v) is 7.08. The van der Waals surface area contributed by atoms with E-state index in [2.05, 4.69) is 17.7 Å². The first-order valence-electron chi connectivity index (χ1n) is 4.06. The Morgan fingerprint density at radius 3 is 2.86 bits per heavy atom. The van der Waals surface area contributed by atoms with E-state index in [1.807, 2.05) is 6.07 Å². The van der Waals surface area contributed by atoms with Gasteiger partial charge in [-0.3, -0.25) is 0 Å². The lowest BCUT2D eigenvalue weighted by molar-refractivity contribution is 1.48. The van der Waals surface area contributed by atoms with E-state index in [4.69, 9.17) is 23.2 Å². The molecule has 0 radical (unpaired) electrons. The zero-order valence-corrected chi connectivity index (χ0v) is 10.7. The summed E-state index contributed by atoms with van der Waals surface area (Å²) in [4.78, 5) is 1.27. The number of halogens is 2. The van der Waals surface area contributed by atoms with Crippen molar-refractivity contribution in [3.05, 3.63) is 28.1 Å². The van der Waals surface area contributed by atoms with Gasteiger partial charge in [0.15, 0.2) is 0 Å². The molecule has 1 heterocycles. The molecule has 0 nitrogen and oxygen atoms in total. The van der Waals surface area contributed by atoms with E-state index in [1.165, 1.54) is 9.60 Å². The molecule has 0 bridgehead atoms. The second-order valence-electron chi connectivity index (χ2n) is 2.85. The number of thiophene rings is 1. The normalized spacial score (nSPS) is 11.1. The Bertz CT molecular complexity index is 462. The number of alkyl halides is 1. The van der Waals surface area contributed by atoms with Crippen molar-refractivity contribution in [2.24, 2.45) is 0 Å². The number of hydrogen-bond acceptors (Lipinski definition) is 2. The van der Waals surface area contributed by atoms with Crippen LogP contribution >= 0.6 is 46.3 Å². The lowest BCUT2D eigenvalue weighted by Gasteiger charge is -2.01. The fraction of sp³-hybridized carbons (Fsp3) is 0.200. The molecule has 0 fully saturated rings. The van der Waals surface area contributed by atoms with Crippen LogP contribution in [0, 0.1) is 0 Å². The molecule has 1 aromatic carbocycles. The van der Waals surface area contributed by atoms with Gasteiger partial charge in [0.1, 0.15) is 0 Å². The molecule has 0 saturated heterocycles. The van der Waals surface area contributed by atoms with Gasteiger partial charge >= 0.3 is 0 Å². The molecule has 0 unspecified atom stereocenters. The Kier molecular flexibility index (Phi) is 3.27. The van der Waals surface area contributed by atoms with Crippen LogP contribution in [0.25, 0.3) is 10.1 Å². The summed E-state index contributed by atoms with van der Waals surface area (Å²) in [6, 6.07) is 4.00. The molecular formula is C10H8Cl2S2. The maximum Gasteiger partial charge on any atom is 0.0496 e. The van der Waals surface area contributed by atoms with E-state index in [0.717, 1.165) is 16.0 Å². The van der Waals surface area contributed by atoms with E-state index in [1.54, 1.807) is 23.1 Å². The van der Waals surface area contributed by atoms with Crippen LogP contribution in [-0.2, 0) is 5.88 Å². The second kappa shape index (κ2) is 4.31. The van der Waals surface area contributed by atoms with Gasteiger partial charge in [0, 0.05) is 25.9 Å². The van der Waals surface area contributed by atoms with Crippen molar-refractivity contribution >= 4 is 56.4 Å². The molecular weight excluding hydrogens is 255 g/mol. The summed E-state index contributed by atoms with van der Waals surface area (Å²) < 4.78 is 1.25. The van der Waals surface area contributed by atoms with Crippen molar-refractivity contribution < 1.29 is 0 Å². The summed E-state index contributed by atoms with van der Waals surface area (Å²) in [6.07, 6.45) is 2.07. The van der Waals surface area contributed by atoms with E-state index < -0.39 is 0 Å². The SMILES string of the molecule is CSc1ccc(Cl)c2c(CCl)csc12. The topological polar surface area (TPSA) is 0 Å². The van der Waals surface area contributed by atoms with Gasteiger partial charge in [-0.2, -0.15) is 0 Å². The third-order valence-electron chi connectivity index (χ3n) is 2.07. The molecule has 1 aromatic heterocycles. The molecule has 0 N–H and O–H groups in total. The minimum atomic E-state index is 0.525. The lowest BCUT2D eigenvalue weighted by Crippen LogP contribution is -1.77. The molecule has 0 aliphatic heterocycles. The number of fused-ring (bicyclic) bond motifs is 1. The Balaban J connectivity index is 2.80. The minimum absolute atomic E-state index is 0.525. The Labute approximate surface area is 101 Å². The quantitative estimate of drug-likeness (QED) is 0.541. The van der Waals surface area contributed by atoms with Gasteiger partial charge in [0.2, 0.25) is 0 Å². The molecule has 0 aliphatic carbocycles. The predicted octanol–water partition coefficient (Wildman–Crippen LogP) is 5.02. The van der Waals surface area contributed by atoms with Crippen LogP contribution in [0.4, 0.5) is 0 Å². The van der Waals surface area contributed by atoms with Crippen LogP contribution in [0.2, 0.25) is 5.02 Å². The Hall–Kier alpha value is 0.110. The molecule has 0 atom stereocenters. The molecule has 0 spiro atoms. The summed E-state index contributed by atoms with van der Waals surface area (Å²) in [7, 11) is 0. The number of hydrogen-bond donors (Lipinski definition) is 0. The third kappa shape index (κ3) is 1.65. The van der Waals surface area contributed by atoms with E-state index >= 15 is 0 Å². The first-order chi connectivity index (χ1) is 6.77. The fourth-order valence-electron chi connectivity index (χ4n) is 1.40. The van der Waals surface area contributed by atoms with Crippen molar-refractivity contribution in [2.75, 3.05) is 6.26 Å². The number of thioether (sulfide) groups is 1. The monoisotopic (exact) mass is 262 g/mol. The molecule has 2 aromatic rings. The highest BCUT2D eigenvalue weighted by Gasteiger charge is 2.10. The van der Waals surface area contributed by atoms with Gasteiger partial charge in [-0.1, -0.05) is 11.6 Å². The molecule has 74 valence electrons. The van der Waals surface area contributed by atoms with Crippen molar-refractivity contribution in [3.8, 4) is 0 Å². The molecule has 14 heavy (non-hydrogen) atoms. The average Bonchev–Trinajstić information content (AvgIpc) is 2.63. The van der Waals surface area contributed by atoms with Crippen LogP contribution in [0.3, 0.4) is 0 Å². The maximum absolute atomic E-state index is 6.15. The summed E-state index contributed by atoms with van der Waals surface area (Å²) in [6.45, 7) is 0. The number of rotatable bonds is 2. The highest BCUT2D eigenvalue weighted by atomic mass is 35.5. The van der Waals surface area contributed by atoms with Crippen molar-refractivity contribution in [3.63, 3.8) is 0 Å². The van der Waals surface area contributed by atoms with Gasteiger partial charge < -0.3 is 0 Å². The van der Waals surface area contributed by atoms with Crippen LogP contribution in [0.15, 0.2) is 22.4 Å². The molecule has 4 heteroatoms. The molecule has 2 rings (SSSR count). The second-order valence-corrected chi connectivity index (χ2v) is 5.25. The molecule has 0 aliphatic rings. The highest BCUT2D eigenvalue weighted by Crippen LogP contribution is 2.38. The average molecular weight is 263 g/mol. The van der Waals surface area contributed by atoms with Gasteiger partial charge in [-0.15, -0.1) is 34.7 Å². The highest BCUT2D eigenvalue weighted by molar-refractivity contribution is 7.99. The van der Waals surface area contributed by atoms with Crippen molar-refractivity contribution in [2.45, 2.75) is 10.8 Å². The van der Waals surface area contributed by atoms with E-state index in [0.29, 0.717) is 5.88 Å². The Morgan fingerprint density at radius 1 is 1.43 bits per heavy atom. The predicted molar refractivity (Wildman–Crippen MR) is 68.2 cm³/mol. The minimum Gasteiger partial charge on any atom is -0.142 e. The first kappa shape index (κ1) is 10.6. The molecule has 0 saturated carbocycles. The van der Waals surface area contributed by atoms with Crippen molar-refractivity contribution in [1.82, 2.24) is 0 Å². The standard InChI is InChI=1S/C10H8Cl2S2/c1-13-8-3-2-7(12)9-6(4-11)5-14-10(8)9/h2-3,5H,4H2,1H3. The van der Waals surface area contributed by atoms with Gasteiger partial charge in [0.25, 0.3) is 0 Å². The van der Waals surface area contributed by atoms with Crippen LogP contribution < -0.4 is 0 Å². The fourth-order valence-corrected chi connectivity index (χ4v) is 3.93. The largest absolute Gasteiger partial charge is 0.142 e. The van der Waals surface area contributed by atoms with Crippen LogP contribution in [-0.4, -0.2) is 6.26 Å². The van der Waals surface area contributed by atoms with Gasteiger partial charge in [-0.05, 0) is 29.3 Å². The van der Waals surface area contributed by atoms with Gasteiger partial charge in [-0.25, -0.2) is 0 Å². The summed E-state index contributed by atoms with van der Waals surface area (Å²) in [5, 5.41) is 4.01. The number of benzene rings is 1. The Morgan fingerprint density at radius 2 is 2.21 bits per heavy atom.